The molecule has 0 saturated carbocycles. The summed E-state index contributed by atoms with van der Waals surface area (Å²) in [4.78, 5) is 2.55. The second-order valence-electron chi connectivity index (χ2n) is 5.91. The second-order valence-corrected chi connectivity index (χ2v) is 6.76. The zero-order valence-electron chi connectivity index (χ0n) is 12.5. The predicted octanol–water partition coefficient (Wildman–Crippen LogP) is 3.97. The third-order valence-corrected chi connectivity index (χ3v) is 4.82. The highest BCUT2D eigenvalue weighted by Gasteiger charge is 2.33. The van der Waals surface area contributed by atoms with Gasteiger partial charge in [0.05, 0.1) is 4.47 Å². The fourth-order valence-electron chi connectivity index (χ4n) is 3.32. The molecule has 1 saturated heterocycles. The molecule has 0 aliphatic carbocycles. The normalized spacial score (nSPS) is 24.3. The minimum absolute atomic E-state index is 0.189. The highest BCUT2D eigenvalue weighted by atomic mass is 79.9. The van der Waals surface area contributed by atoms with Gasteiger partial charge >= 0.3 is 0 Å². The van der Waals surface area contributed by atoms with E-state index in [1.165, 1.54) is 18.4 Å². The third-order valence-electron chi connectivity index (χ3n) is 4.21. The summed E-state index contributed by atoms with van der Waals surface area (Å²) < 4.78 is 14.1. The molecule has 0 bridgehead atoms. The summed E-state index contributed by atoms with van der Waals surface area (Å²) >= 11 is 3.32. The first kappa shape index (κ1) is 15.9. The molecule has 1 aliphatic rings. The van der Waals surface area contributed by atoms with E-state index in [1.54, 1.807) is 6.07 Å². The number of likely N-dealkylation sites (tertiary alicyclic amines) is 1. The summed E-state index contributed by atoms with van der Waals surface area (Å²) in [5.41, 5.74) is 1.21. The molecule has 2 atom stereocenters. The third kappa shape index (κ3) is 3.41. The molecule has 0 spiro atoms. The summed E-state index contributed by atoms with van der Waals surface area (Å²) in [5.74, 6) is 0.388. The smallest absolute Gasteiger partial charge is 0.137 e. The van der Waals surface area contributed by atoms with Crippen molar-refractivity contribution in [1.82, 2.24) is 10.2 Å². The largest absolute Gasteiger partial charge is 0.319 e. The van der Waals surface area contributed by atoms with Gasteiger partial charge in [-0.25, -0.2) is 4.39 Å². The Kier molecular flexibility index (Phi) is 5.58. The highest BCUT2D eigenvalue weighted by molar-refractivity contribution is 9.10. The molecule has 1 fully saturated rings. The molecule has 112 valence electrons. The Morgan fingerprint density at radius 1 is 1.45 bits per heavy atom. The van der Waals surface area contributed by atoms with Crippen LogP contribution in [0.3, 0.4) is 0 Å². The van der Waals surface area contributed by atoms with E-state index in [9.17, 15) is 4.39 Å². The summed E-state index contributed by atoms with van der Waals surface area (Å²) in [7, 11) is 2.01. The summed E-state index contributed by atoms with van der Waals surface area (Å²) in [6.07, 6.45) is 2.47. The Labute approximate surface area is 129 Å². The first-order valence-electron chi connectivity index (χ1n) is 7.40. The van der Waals surface area contributed by atoms with Crippen molar-refractivity contribution in [3.8, 4) is 0 Å². The molecule has 20 heavy (non-hydrogen) atoms. The Hall–Kier alpha value is -0.450. The first-order valence-corrected chi connectivity index (χ1v) is 8.19. The number of nitrogens with zero attached hydrogens (tertiary/aromatic N) is 1. The molecule has 1 heterocycles. The van der Waals surface area contributed by atoms with Crippen LogP contribution in [0.2, 0.25) is 0 Å². The number of hydrogen-bond acceptors (Lipinski definition) is 2. The maximum Gasteiger partial charge on any atom is 0.137 e. The number of hydrogen-bond donors (Lipinski definition) is 1. The van der Waals surface area contributed by atoms with Crippen LogP contribution >= 0.6 is 15.9 Å². The Balaban J connectivity index is 2.35. The maximum atomic E-state index is 13.5. The molecule has 1 aromatic carbocycles. The van der Waals surface area contributed by atoms with Crippen molar-refractivity contribution in [3.63, 3.8) is 0 Å². The second kappa shape index (κ2) is 7.01. The van der Waals surface area contributed by atoms with Gasteiger partial charge in [-0.1, -0.05) is 6.07 Å². The van der Waals surface area contributed by atoms with E-state index in [2.05, 4.69) is 40.0 Å². The van der Waals surface area contributed by atoms with E-state index < -0.39 is 0 Å². The molecule has 4 heteroatoms. The molecule has 1 N–H and O–H groups in total. The van der Waals surface area contributed by atoms with Crippen LogP contribution in [0.1, 0.15) is 38.3 Å². The molecule has 0 amide bonds. The minimum Gasteiger partial charge on any atom is -0.319 e. The molecule has 2 nitrogen and oxygen atoms in total. The van der Waals surface area contributed by atoms with Gasteiger partial charge in [0.15, 0.2) is 0 Å². The number of rotatable bonds is 4. The monoisotopic (exact) mass is 342 g/mol. The molecule has 2 unspecified atom stereocenters. The van der Waals surface area contributed by atoms with E-state index in [0.29, 0.717) is 22.5 Å². The van der Waals surface area contributed by atoms with Crippen LogP contribution in [0.15, 0.2) is 22.7 Å². The summed E-state index contributed by atoms with van der Waals surface area (Å²) in [6.45, 7) is 6.61. The average molecular weight is 343 g/mol. The van der Waals surface area contributed by atoms with Gasteiger partial charge in [0, 0.05) is 12.1 Å². The van der Waals surface area contributed by atoms with Crippen molar-refractivity contribution in [2.75, 3.05) is 20.1 Å². The molecular weight excluding hydrogens is 319 g/mol. The van der Waals surface area contributed by atoms with Gasteiger partial charge in [-0.3, -0.25) is 4.90 Å². The van der Waals surface area contributed by atoms with Crippen molar-refractivity contribution >= 4 is 15.9 Å². The lowest BCUT2D eigenvalue weighted by Crippen LogP contribution is -2.45. The van der Waals surface area contributed by atoms with Crippen molar-refractivity contribution in [1.29, 1.82) is 0 Å². The van der Waals surface area contributed by atoms with Gasteiger partial charge in [0.25, 0.3) is 0 Å². The summed E-state index contributed by atoms with van der Waals surface area (Å²) in [5, 5.41) is 3.31. The highest BCUT2D eigenvalue weighted by Crippen LogP contribution is 2.38. The zero-order chi connectivity index (χ0) is 14.7. The van der Waals surface area contributed by atoms with Gasteiger partial charge in [0.1, 0.15) is 5.82 Å². The van der Waals surface area contributed by atoms with E-state index in [-0.39, 0.29) is 5.82 Å². The number of nitrogens with one attached hydrogen (secondary N) is 1. The zero-order valence-corrected chi connectivity index (χ0v) is 14.1. The predicted molar refractivity (Wildman–Crippen MR) is 85.3 cm³/mol. The number of halogens is 2. The van der Waals surface area contributed by atoms with Crippen LogP contribution in [0.5, 0.6) is 0 Å². The lowest BCUT2D eigenvalue weighted by Gasteiger charge is -2.44. The van der Waals surface area contributed by atoms with Crippen LogP contribution in [0.25, 0.3) is 0 Å². The van der Waals surface area contributed by atoms with Crippen LogP contribution in [0, 0.1) is 11.7 Å². The van der Waals surface area contributed by atoms with Crippen molar-refractivity contribution in [2.24, 2.45) is 5.92 Å². The SMILES string of the molecule is CNCC1CCCN(C(C)C)C1c1ccc(F)c(Br)c1. The maximum absolute atomic E-state index is 13.5. The van der Waals surface area contributed by atoms with Gasteiger partial charge in [-0.05, 0) is 86.4 Å². The Morgan fingerprint density at radius 3 is 2.80 bits per heavy atom. The molecule has 0 aromatic heterocycles. The number of benzene rings is 1. The van der Waals surface area contributed by atoms with E-state index in [1.807, 2.05) is 19.2 Å². The minimum atomic E-state index is -0.189. The summed E-state index contributed by atoms with van der Waals surface area (Å²) in [6, 6.07) is 6.33. The average Bonchev–Trinajstić information content (AvgIpc) is 2.42. The van der Waals surface area contributed by atoms with E-state index >= 15 is 0 Å². The fraction of sp³-hybridized carbons (Fsp3) is 0.625. The fourth-order valence-corrected chi connectivity index (χ4v) is 3.72. The number of piperidine rings is 1. The Bertz CT molecular complexity index is 448. The first-order chi connectivity index (χ1) is 9.54. The van der Waals surface area contributed by atoms with E-state index in [4.69, 9.17) is 0 Å². The van der Waals surface area contributed by atoms with Crippen LogP contribution in [0.4, 0.5) is 4.39 Å². The topological polar surface area (TPSA) is 15.3 Å². The van der Waals surface area contributed by atoms with Gasteiger partial charge in [-0.2, -0.15) is 0 Å². The molecule has 2 rings (SSSR count). The van der Waals surface area contributed by atoms with Crippen molar-refractivity contribution < 1.29 is 4.39 Å². The van der Waals surface area contributed by atoms with Gasteiger partial charge in [-0.15, -0.1) is 0 Å². The quantitative estimate of drug-likeness (QED) is 0.890. The lowest BCUT2D eigenvalue weighted by atomic mass is 9.83. The van der Waals surface area contributed by atoms with Crippen molar-refractivity contribution in [2.45, 2.75) is 38.8 Å². The van der Waals surface area contributed by atoms with Crippen LogP contribution in [-0.2, 0) is 0 Å². The van der Waals surface area contributed by atoms with Gasteiger partial charge < -0.3 is 5.32 Å². The Morgan fingerprint density at radius 2 is 2.20 bits per heavy atom. The van der Waals surface area contributed by atoms with Crippen LogP contribution in [-0.4, -0.2) is 31.1 Å². The van der Waals surface area contributed by atoms with Crippen LogP contribution < -0.4 is 5.32 Å². The van der Waals surface area contributed by atoms with Gasteiger partial charge in [0.2, 0.25) is 0 Å². The lowest BCUT2D eigenvalue weighted by molar-refractivity contribution is 0.0635. The molecule has 1 aliphatic heterocycles. The standard InChI is InChI=1S/C16H24BrFN2/c1-11(2)20-8-4-5-13(10-19-3)16(20)12-6-7-15(18)14(17)9-12/h6-7,9,11,13,16,19H,4-5,8,10H2,1-3H3. The van der Waals surface area contributed by atoms with Crippen molar-refractivity contribution in [3.05, 3.63) is 34.1 Å². The van der Waals surface area contributed by atoms with E-state index in [0.717, 1.165) is 13.1 Å². The molecule has 0 radical (unpaired) electrons. The molecular formula is C16H24BrFN2. The molecule has 1 aromatic rings.